The van der Waals surface area contributed by atoms with Gasteiger partial charge in [0.15, 0.2) is 0 Å². The fourth-order valence-corrected chi connectivity index (χ4v) is 2.15. The topological polar surface area (TPSA) is 50.4 Å². The van der Waals surface area contributed by atoms with Gasteiger partial charge < -0.3 is 15.4 Å². The van der Waals surface area contributed by atoms with E-state index in [1.165, 1.54) is 32.1 Å². The molecule has 1 rings (SSSR count). The summed E-state index contributed by atoms with van der Waals surface area (Å²) >= 11 is 0. The molecule has 1 amide bonds. The molecule has 4 heteroatoms. The van der Waals surface area contributed by atoms with Gasteiger partial charge >= 0.3 is 0 Å². The number of ether oxygens (including phenoxy) is 1. The molecule has 17 heavy (non-hydrogen) atoms. The smallest absolute Gasteiger partial charge is 0.236 e. The Balaban J connectivity index is 2.00. The molecule has 1 fully saturated rings. The molecule has 1 atom stereocenters. The molecule has 4 nitrogen and oxygen atoms in total. The molecule has 0 bridgehead atoms. The van der Waals surface area contributed by atoms with Crippen LogP contribution >= 0.6 is 0 Å². The summed E-state index contributed by atoms with van der Waals surface area (Å²) in [7, 11) is 0. The predicted molar refractivity (Wildman–Crippen MR) is 69.0 cm³/mol. The van der Waals surface area contributed by atoms with Gasteiger partial charge in [0.05, 0.1) is 18.8 Å². The van der Waals surface area contributed by atoms with Gasteiger partial charge in [0.2, 0.25) is 5.91 Å². The summed E-state index contributed by atoms with van der Waals surface area (Å²) in [5.41, 5.74) is 0. The van der Waals surface area contributed by atoms with Crippen molar-refractivity contribution in [3.05, 3.63) is 0 Å². The van der Waals surface area contributed by atoms with Gasteiger partial charge in [0.1, 0.15) is 0 Å². The van der Waals surface area contributed by atoms with Crippen molar-refractivity contribution in [2.24, 2.45) is 0 Å². The third-order valence-corrected chi connectivity index (χ3v) is 3.20. The summed E-state index contributed by atoms with van der Waals surface area (Å²) in [5.74, 6) is 0.0603. The number of rotatable bonds is 7. The van der Waals surface area contributed by atoms with Gasteiger partial charge in [0.25, 0.3) is 0 Å². The van der Waals surface area contributed by atoms with E-state index in [0.717, 1.165) is 6.54 Å². The summed E-state index contributed by atoms with van der Waals surface area (Å²) in [6.07, 6.45) is 6.80. The largest absolute Gasteiger partial charge is 0.377 e. The molecule has 0 radical (unpaired) electrons. The maximum absolute atomic E-state index is 11.4. The van der Waals surface area contributed by atoms with Crippen LogP contribution in [0.5, 0.6) is 0 Å². The fourth-order valence-electron chi connectivity index (χ4n) is 2.15. The van der Waals surface area contributed by atoms with E-state index in [0.29, 0.717) is 19.3 Å². The average molecular weight is 242 g/mol. The Labute approximate surface area is 104 Å². The number of likely N-dealkylation sites (N-methyl/N-ethyl adjacent to an activating group) is 1. The van der Waals surface area contributed by atoms with Gasteiger partial charge in [-0.05, 0) is 26.7 Å². The standard InChI is InChI=1S/C13H26N2O2/c1-3-14-13(16)11(2)15-9-10-17-12-7-5-4-6-8-12/h11-12,15H,3-10H2,1-2H3,(H,14,16). The van der Waals surface area contributed by atoms with Crippen LogP contribution in [0.2, 0.25) is 0 Å². The van der Waals surface area contributed by atoms with Crippen LogP contribution in [0.15, 0.2) is 0 Å². The third-order valence-electron chi connectivity index (χ3n) is 3.20. The second-order valence-corrected chi connectivity index (χ2v) is 4.70. The van der Waals surface area contributed by atoms with Crippen LogP contribution in [0.4, 0.5) is 0 Å². The van der Waals surface area contributed by atoms with E-state index in [9.17, 15) is 4.79 Å². The van der Waals surface area contributed by atoms with Crippen LogP contribution in [0, 0.1) is 0 Å². The molecule has 0 aromatic rings. The minimum Gasteiger partial charge on any atom is -0.377 e. The van der Waals surface area contributed by atoms with Crippen molar-refractivity contribution in [1.29, 1.82) is 0 Å². The zero-order valence-electron chi connectivity index (χ0n) is 11.1. The summed E-state index contributed by atoms with van der Waals surface area (Å²) in [5, 5.41) is 5.96. The molecular weight excluding hydrogens is 216 g/mol. The number of hydrogen-bond donors (Lipinski definition) is 2. The van der Waals surface area contributed by atoms with E-state index in [2.05, 4.69) is 10.6 Å². The van der Waals surface area contributed by atoms with E-state index in [-0.39, 0.29) is 11.9 Å². The highest BCUT2D eigenvalue weighted by Crippen LogP contribution is 2.19. The lowest BCUT2D eigenvalue weighted by molar-refractivity contribution is -0.122. The van der Waals surface area contributed by atoms with E-state index < -0.39 is 0 Å². The number of carbonyl (C=O) groups is 1. The summed E-state index contributed by atoms with van der Waals surface area (Å²) in [6.45, 7) is 5.94. The number of carbonyl (C=O) groups excluding carboxylic acids is 1. The maximum Gasteiger partial charge on any atom is 0.236 e. The zero-order valence-corrected chi connectivity index (χ0v) is 11.1. The van der Waals surface area contributed by atoms with Crippen molar-refractivity contribution in [3.63, 3.8) is 0 Å². The SMILES string of the molecule is CCNC(=O)C(C)NCCOC1CCCCC1. The van der Waals surface area contributed by atoms with E-state index in [1.54, 1.807) is 0 Å². The molecule has 1 aliphatic carbocycles. The molecule has 1 aliphatic rings. The van der Waals surface area contributed by atoms with E-state index in [4.69, 9.17) is 4.74 Å². The molecule has 0 aromatic carbocycles. The Morgan fingerprint density at radius 1 is 1.35 bits per heavy atom. The van der Waals surface area contributed by atoms with Crippen molar-refractivity contribution < 1.29 is 9.53 Å². The third kappa shape index (κ3) is 6.03. The first-order valence-corrected chi connectivity index (χ1v) is 6.86. The Kier molecular flexibility index (Phi) is 7.21. The second-order valence-electron chi connectivity index (χ2n) is 4.70. The fraction of sp³-hybridized carbons (Fsp3) is 0.923. The van der Waals surface area contributed by atoms with Crippen molar-refractivity contribution in [1.82, 2.24) is 10.6 Å². The molecule has 0 saturated heterocycles. The Hall–Kier alpha value is -0.610. The van der Waals surface area contributed by atoms with Gasteiger partial charge in [0, 0.05) is 13.1 Å². The highest BCUT2D eigenvalue weighted by atomic mass is 16.5. The molecular formula is C13H26N2O2. The van der Waals surface area contributed by atoms with Crippen LogP contribution in [-0.4, -0.2) is 37.7 Å². The molecule has 2 N–H and O–H groups in total. The van der Waals surface area contributed by atoms with Crippen LogP contribution in [0.3, 0.4) is 0 Å². The molecule has 1 unspecified atom stereocenters. The molecule has 0 spiro atoms. The Bertz CT molecular complexity index is 215. The quantitative estimate of drug-likeness (QED) is 0.664. The minimum absolute atomic E-state index is 0.0603. The van der Waals surface area contributed by atoms with Crippen LogP contribution in [0.25, 0.3) is 0 Å². The lowest BCUT2D eigenvalue weighted by Gasteiger charge is -2.22. The van der Waals surface area contributed by atoms with Crippen LogP contribution in [-0.2, 0) is 9.53 Å². The number of hydrogen-bond acceptors (Lipinski definition) is 3. The highest BCUT2D eigenvalue weighted by Gasteiger charge is 2.14. The number of nitrogens with one attached hydrogen (secondary N) is 2. The van der Waals surface area contributed by atoms with E-state index in [1.807, 2.05) is 13.8 Å². The van der Waals surface area contributed by atoms with Gasteiger partial charge in [-0.3, -0.25) is 4.79 Å². The second kappa shape index (κ2) is 8.48. The normalized spacial score (nSPS) is 18.9. The lowest BCUT2D eigenvalue weighted by atomic mass is 9.98. The Morgan fingerprint density at radius 2 is 2.06 bits per heavy atom. The number of amides is 1. The lowest BCUT2D eigenvalue weighted by Crippen LogP contribution is -2.43. The Morgan fingerprint density at radius 3 is 2.71 bits per heavy atom. The predicted octanol–water partition coefficient (Wildman–Crippen LogP) is 1.45. The molecule has 0 aliphatic heterocycles. The average Bonchev–Trinajstić information content (AvgIpc) is 2.36. The first kappa shape index (κ1) is 14.5. The van der Waals surface area contributed by atoms with Crippen molar-refractivity contribution in [2.45, 2.75) is 58.1 Å². The first-order valence-electron chi connectivity index (χ1n) is 6.86. The summed E-state index contributed by atoms with van der Waals surface area (Å²) in [6, 6.07) is -0.134. The molecule has 1 saturated carbocycles. The van der Waals surface area contributed by atoms with Gasteiger partial charge in [-0.15, -0.1) is 0 Å². The first-order chi connectivity index (χ1) is 8.24. The van der Waals surface area contributed by atoms with Gasteiger partial charge in [-0.1, -0.05) is 19.3 Å². The van der Waals surface area contributed by atoms with Crippen molar-refractivity contribution in [2.75, 3.05) is 19.7 Å². The summed E-state index contributed by atoms with van der Waals surface area (Å²) in [4.78, 5) is 11.4. The maximum atomic E-state index is 11.4. The minimum atomic E-state index is -0.134. The van der Waals surface area contributed by atoms with Crippen molar-refractivity contribution >= 4 is 5.91 Å². The van der Waals surface area contributed by atoms with Gasteiger partial charge in [-0.25, -0.2) is 0 Å². The van der Waals surface area contributed by atoms with Crippen molar-refractivity contribution in [3.8, 4) is 0 Å². The molecule has 0 heterocycles. The molecule has 100 valence electrons. The van der Waals surface area contributed by atoms with E-state index >= 15 is 0 Å². The van der Waals surface area contributed by atoms with Crippen LogP contribution < -0.4 is 10.6 Å². The summed E-state index contributed by atoms with van der Waals surface area (Å²) < 4.78 is 5.78. The zero-order chi connectivity index (χ0) is 12.5. The highest BCUT2D eigenvalue weighted by molar-refractivity contribution is 5.81. The molecule has 0 aromatic heterocycles. The van der Waals surface area contributed by atoms with Crippen LogP contribution in [0.1, 0.15) is 46.0 Å². The monoisotopic (exact) mass is 242 g/mol. The van der Waals surface area contributed by atoms with Gasteiger partial charge in [-0.2, -0.15) is 0 Å².